The molecule has 4 fully saturated rings. The van der Waals surface area contributed by atoms with E-state index in [-0.39, 0.29) is 35.7 Å². The fraction of sp³-hybridized carbons (Fsp3) is 0.500. The number of carbonyl (C=O) groups excluding carboxylic acids is 4. The summed E-state index contributed by atoms with van der Waals surface area (Å²) in [6.07, 6.45) is 11.8. The normalized spacial score (nSPS) is 20.8. The maximum absolute atomic E-state index is 13.9. The van der Waals surface area contributed by atoms with Crippen LogP contribution in [0.15, 0.2) is 48.7 Å². The van der Waals surface area contributed by atoms with Gasteiger partial charge in [0.15, 0.2) is 0 Å². The molecule has 0 spiro atoms. The van der Waals surface area contributed by atoms with Gasteiger partial charge in [-0.2, -0.15) is 0 Å². The molecule has 8 rings (SSSR count). The van der Waals surface area contributed by atoms with Gasteiger partial charge >= 0.3 is 12.2 Å². The highest BCUT2D eigenvalue weighted by atomic mass is 16.5. The lowest BCUT2D eigenvalue weighted by Crippen LogP contribution is -2.51. The Balaban J connectivity index is 0.926. The van der Waals surface area contributed by atoms with Gasteiger partial charge in [-0.3, -0.25) is 9.59 Å². The number of nitrogens with zero attached hydrogens (tertiary/aromatic N) is 4. The zero-order valence-electron chi connectivity index (χ0n) is 33.2. The average Bonchev–Trinajstić information content (AvgIpc) is 4.10. The Hall–Kier alpha value is -5.84. The van der Waals surface area contributed by atoms with Gasteiger partial charge in [0.2, 0.25) is 11.8 Å². The SMILES string of the molecule is COC(=O)N[C@H](C(=O)N1CCC[C@H]1c1ncc(-c2ccc(C#Cc3ccc4nc([C@@H]5CCCN5C(=O)[C@@H](NC(=O)OC)C5CCCC5)[nH]c4c3)cc2)[nH]1)C1CCCC1. The average molecular weight is 789 g/mol. The Morgan fingerprint density at radius 2 is 1.22 bits per heavy atom. The molecule has 0 bridgehead atoms. The highest BCUT2D eigenvalue weighted by molar-refractivity contribution is 5.87. The molecule has 4 amide bonds. The lowest BCUT2D eigenvalue weighted by Gasteiger charge is -2.31. The number of rotatable bonds is 9. The van der Waals surface area contributed by atoms with Crippen molar-refractivity contribution in [3.63, 3.8) is 0 Å². The van der Waals surface area contributed by atoms with Gasteiger partial charge in [-0.25, -0.2) is 19.6 Å². The van der Waals surface area contributed by atoms with Crippen LogP contribution in [-0.4, -0.2) is 93.1 Å². The number of amides is 4. The van der Waals surface area contributed by atoms with Crippen LogP contribution in [-0.2, 0) is 19.1 Å². The standard InChI is InChI=1S/C44H52N8O6/c1-57-43(55)49-37(30-9-3-4-10-30)41(53)51-23-7-13-35(51)39-45-26-34(48-39)29-20-17-27(18-21-29)15-16-28-19-22-32-33(25-28)47-40(46-32)36-14-8-24-52(36)42(54)38(50-44(56)58-2)31-11-5-6-12-31/h17-22,25-26,30-31,35-38H,3-14,23-24H2,1-2H3,(H,45,48)(H,46,47)(H,49,55)(H,50,56)/t35-,36-,37-,38-/m0/s1. The molecule has 14 nitrogen and oxygen atoms in total. The minimum Gasteiger partial charge on any atom is -0.453 e. The van der Waals surface area contributed by atoms with Crippen molar-refractivity contribution in [2.45, 2.75) is 101 Å². The van der Waals surface area contributed by atoms with Gasteiger partial charge in [-0.1, -0.05) is 49.7 Å². The summed E-state index contributed by atoms with van der Waals surface area (Å²) >= 11 is 0. The first-order chi connectivity index (χ1) is 28.3. The Kier molecular flexibility index (Phi) is 11.7. The number of fused-ring (bicyclic) bond motifs is 1. The maximum atomic E-state index is 13.9. The Labute approximate surface area is 338 Å². The lowest BCUT2D eigenvalue weighted by atomic mass is 9.96. The van der Waals surface area contributed by atoms with Crippen LogP contribution in [0.25, 0.3) is 22.3 Å². The third-order valence-corrected chi connectivity index (χ3v) is 12.5. The first-order valence-electron chi connectivity index (χ1n) is 20.8. The van der Waals surface area contributed by atoms with Gasteiger partial charge in [0, 0.05) is 24.2 Å². The predicted molar refractivity (Wildman–Crippen MR) is 216 cm³/mol. The van der Waals surface area contributed by atoms with E-state index in [0.29, 0.717) is 13.1 Å². The smallest absolute Gasteiger partial charge is 0.407 e. The molecule has 2 aromatic heterocycles. The van der Waals surface area contributed by atoms with Crippen molar-refractivity contribution in [1.29, 1.82) is 0 Å². The van der Waals surface area contributed by atoms with Crippen LogP contribution in [0.2, 0.25) is 0 Å². The van der Waals surface area contributed by atoms with Crippen LogP contribution in [0.5, 0.6) is 0 Å². The van der Waals surface area contributed by atoms with Crippen LogP contribution in [0.4, 0.5) is 9.59 Å². The quantitative estimate of drug-likeness (QED) is 0.139. The molecule has 304 valence electrons. The topological polar surface area (TPSA) is 175 Å². The summed E-state index contributed by atoms with van der Waals surface area (Å²) in [4.78, 5) is 72.4. The van der Waals surface area contributed by atoms with Crippen LogP contribution < -0.4 is 10.6 Å². The summed E-state index contributed by atoms with van der Waals surface area (Å²) in [5, 5.41) is 5.67. The molecule has 2 aliphatic heterocycles. The number of carbonyl (C=O) groups is 4. The predicted octanol–water partition coefficient (Wildman–Crippen LogP) is 6.51. The number of hydrogen-bond acceptors (Lipinski definition) is 8. The number of benzene rings is 2. The van der Waals surface area contributed by atoms with Crippen LogP contribution >= 0.6 is 0 Å². The van der Waals surface area contributed by atoms with Crippen molar-refractivity contribution in [1.82, 2.24) is 40.4 Å². The highest BCUT2D eigenvalue weighted by Gasteiger charge is 2.42. The van der Waals surface area contributed by atoms with E-state index >= 15 is 0 Å². The van der Waals surface area contributed by atoms with Crippen molar-refractivity contribution in [2.75, 3.05) is 27.3 Å². The third kappa shape index (κ3) is 8.26. The molecule has 14 heteroatoms. The number of aromatic nitrogens is 4. The number of ether oxygens (including phenoxy) is 2. The van der Waals surface area contributed by atoms with Crippen LogP contribution in [0.1, 0.15) is 112 Å². The number of H-pyrrole nitrogens is 2. The molecule has 4 heterocycles. The number of methoxy groups -OCH3 is 2. The molecule has 4 aromatic rings. The second-order valence-corrected chi connectivity index (χ2v) is 16.1. The van der Waals surface area contributed by atoms with Crippen molar-refractivity contribution >= 4 is 35.0 Å². The molecular weight excluding hydrogens is 737 g/mol. The van der Waals surface area contributed by atoms with E-state index in [1.54, 1.807) is 6.20 Å². The molecule has 2 aliphatic carbocycles. The minimum atomic E-state index is -0.605. The fourth-order valence-electron chi connectivity index (χ4n) is 9.50. The number of imidazole rings is 2. The van der Waals surface area contributed by atoms with Crippen molar-refractivity contribution in [3.8, 4) is 23.1 Å². The summed E-state index contributed by atoms with van der Waals surface area (Å²) in [5.41, 5.74) is 5.15. The van der Waals surface area contributed by atoms with Gasteiger partial charge in [0.25, 0.3) is 0 Å². The zero-order valence-corrected chi connectivity index (χ0v) is 33.2. The van der Waals surface area contributed by atoms with Gasteiger partial charge in [0.05, 0.1) is 49.2 Å². The number of nitrogens with one attached hydrogen (secondary N) is 4. The molecule has 0 radical (unpaired) electrons. The molecule has 2 saturated carbocycles. The van der Waals surface area contributed by atoms with Gasteiger partial charge in [0.1, 0.15) is 23.7 Å². The Morgan fingerprint density at radius 1 is 0.690 bits per heavy atom. The van der Waals surface area contributed by atoms with Gasteiger partial charge < -0.3 is 39.9 Å². The molecule has 2 aromatic carbocycles. The summed E-state index contributed by atoms with van der Waals surface area (Å²) in [5.74, 6) is 8.10. The van der Waals surface area contributed by atoms with E-state index in [1.165, 1.54) is 14.2 Å². The van der Waals surface area contributed by atoms with Crippen molar-refractivity contribution in [2.24, 2.45) is 11.8 Å². The van der Waals surface area contributed by atoms with Crippen LogP contribution in [0, 0.1) is 23.7 Å². The van der Waals surface area contributed by atoms with E-state index in [2.05, 4.69) is 32.4 Å². The molecule has 4 aliphatic rings. The molecular formula is C44H52N8O6. The first kappa shape index (κ1) is 39.0. The molecule has 4 atom stereocenters. The Morgan fingerprint density at radius 3 is 1.79 bits per heavy atom. The van der Waals surface area contributed by atoms with E-state index in [1.807, 2.05) is 52.3 Å². The summed E-state index contributed by atoms with van der Waals surface area (Å²) < 4.78 is 9.72. The molecule has 0 unspecified atom stereocenters. The van der Waals surface area contributed by atoms with E-state index in [0.717, 1.165) is 122 Å². The van der Waals surface area contributed by atoms with E-state index in [9.17, 15) is 19.2 Å². The molecule has 58 heavy (non-hydrogen) atoms. The van der Waals surface area contributed by atoms with E-state index < -0.39 is 24.3 Å². The second-order valence-electron chi connectivity index (χ2n) is 16.1. The molecule has 4 N–H and O–H groups in total. The maximum Gasteiger partial charge on any atom is 0.407 e. The first-order valence-corrected chi connectivity index (χ1v) is 20.8. The van der Waals surface area contributed by atoms with Crippen molar-refractivity contribution < 1.29 is 28.7 Å². The third-order valence-electron chi connectivity index (χ3n) is 12.5. The Bertz CT molecular complexity index is 2190. The summed E-state index contributed by atoms with van der Waals surface area (Å²) in [6, 6.07) is 12.2. The monoisotopic (exact) mass is 788 g/mol. The lowest BCUT2D eigenvalue weighted by molar-refractivity contribution is -0.136. The molecule has 2 saturated heterocycles. The number of likely N-dealkylation sites (tertiary alicyclic amines) is 2. The second kappa shape index (κ2) is 17.3. The van der Waals surface area contributed by atoms with E-state index in [4.69, 9.17) is 19.4 Å². The highest BCUT2D eigenvalue weighted by Crippen LogP contribution is 2.37. The summed E-state index contributed by atoms with van der Waals surface area (Å²) in [7, 11) is 2.65. The fourth-order valence-corrected chi connectivity index (χ4v) is 9.50. The number of alkyl carbamates (subject to hydrolysis) is 2. The summed E-state index contributed by atoms with van der Waals surface area (Å²) in [6.45, 7) is 1.23. The van der Waals surface area contributed by atoms with Gasteiger partial charge in [-0.05, 0) is 99.1 Å². The zero-order chi connectivity index (χ0) is 40.2. The number of aromatic amines is 2. The van der Waals surface area contributed by atoms with Crippen molar-refractivity contribution in [3.05, 3.63) is 71.4 Å². The van der Waals surface area contributed by atoms with Gasteiger partial charge in [-0.15, -0.1) is 0 Å². The minimum absolute atomic E-state index is 0.0703. The van der Waals surface area contributed by atoms with Crippen LogP contribution in [0.3, 0.4) is 0 Å². The largest absolute Gasteiger partial charge is 0.453 e. The number of hydrogen-bond donors (Lipinski definition) is 4.